The molecule has 2 heterocycles. The maximum atomic E-state index is 12.8. The normalized spacial score (nSPS) is 22.4. The first-order chi connectivity index (χ1) is 10.8. The summed E-state index contributed by atoms with van der Waals surface area (Å²) in [6.45, 7) is 8.81. The number of likely N-dealkylation sites (tertiary alicyclic amines) is 1. The molecule has 1 atom stereocenters. The summed E-state index contributed by atoms with van der Waals surface area (Å²) in [5, 5.41) is 0. The van der Waals surface area contributed by atoms with Crippen LogP contribution in [0.5, 0.6) is 0 Å². The quantitative estimate of drug-likeness (QED) is 0.718. The number of carbonyl (C=O) groups excluding carboxylic acids is 2. The average Bonchev–Trinajstić information content (AvgIpc) is 2.90. The van der Waals surface area contributed by atoms with Crippen LogP contribution in [0.15, 0.2) is 9.93 Å². The van der Waals surface area contributed by atoms with Gasteiger partial charge in [0.15, 0.2) is 0 Å². The summed E-state index contributed by atoms with van der Waals surface area (Å²) in [4.78, 5) is 26.7. The Kier molecular flexibility index (Phi) is 6.48. The number of carbonyl (C=O) groups is 2. The molecule has 0 aromatic heterocycles. The van der Waals surface area contributed by atoms with E-state index in [1.807, 2.05) is 56.1 Å². The Hall–Kier alpha value is -0.620. The lowest BCUT2D eigenvalue weighted by Crippen LogP contribution is -2.37. The highest BCUT2D eigenvalue weighted by Crippen LogP contribution is 2.45. The van der Waals surface area contributed by atoms with Gasteiger partial charge in [0.05, 0.1) is 17.3 Å². The highest BCUT2D eigenvalue weighted by molar-refractivity contribution is 8.22. The molecule has 2 aliphatic heterocycles. The third-order valence-electron chi connectivity index (χ3n) is 3.95. The summed E-state index contributed by atoms with van der Waals surface area (Å²) in [6, 6.07) is 0. The molecule has 23 heavy (non-hydrogen) atoms. The van der Waals surface area contributed by atoms with Crippen LogP contribution in [0.1, 0.15) is 47.0 Å². The lowest BCUT2D eigenvalue weighted by molar-refractivity contribution is -0.144. The second kappa shape index (κ2) is 7.97. The highest BCUT2D eigenvalue weighted by Gasteiger charge is 2.39. The second-order valence-electron chi connectivity index (χ2n) is 6.92. The SMILES string of the molecule is CCOC(=O)CC1CCN(C(=O)C(C)(C)C)C1=C1SCCCS1. The van der Waals surface area contributed by atoms with Gasteiger partial charge in [-0.05, 0) is 31.3 Å². The minimum Gasteiger partial charge on any atom is -0.466 e. The largest absolute Gasteiger partial charge is 0.466 e. The number of hydrogen-bond donors (Lipinski definition) is 0. The molecular weight excluding hydrogens is 330 g/mol. The first-order valence-corrected chi connectivity index (χ1v) is 10.3. The van der Waals surface area contributed by atoms with Gasteiger partial charge in [-0.25, -0.2) is 0 Å². The van der Waals surface area contributed by atoms with Crippen molar-refractivity contribution in [2.75, 3.05) is 24.7 Å². The average molecular weight is 358 g/mol. The zero-order valence-corrected chi connectivity index (χ0v) is 16.1. The van der Waals surface area contributed by atoms with Gasteiger partial charge >= 0.3 is 5.97 Å². The summed E-state index contributed by atoms with van der Waals surface area (Å²) in [6.07, 6.45) is 2.42. The zero-order chi connectivity index (χ0) is 17.0. The van der Waals surface area contributed by atoms with Crippen molar-refractivity contribution in [3.8, 4) is 0 Å². The molecule has 0 spiro atoms. The van der Waals surface area contributed by atoms with Crippen LogP contribution in [0.25, 0.3) is 0 Å². The van der Waals surface area contributed by atoms with Gasteiger partial charge in [0.2, 0.25) is 5.91 Å². The van der Waals surface area contributed by atoms with E-state index in [1.165, 1.54) is 10.7 Å². The standard InChI is InChI=1S/C17H27NO3S2/c1-5-21-13(19)11-12-7-8-18(16(20)17(2,3)4)14(12)15-22-9-6-10-23-15/h12H,5-11H2,1-4H3. The predicted octanol–water partition coefficient (Wildman–Crippen LogP) is 3.87. The summed E-state index contributed by atoms with van der Waals surface area (Å²) in [5.41, 5.74) is 0.668. The molecule has 4 nitrogen and oxygen atoms in total. The Bertz CT molecular complexity index is 489. The fourth-order valence-electron chi connectivity index (χ4n) is 2.85. The molecule has 2 fully saturated rings. The lowest BCUT2D eigenvalue weighted by Gasteiger charge is -2.30. The van der Waals surface area contributed by atoms with E-state index >= 15 is 0 Å². The molecule has 0 N–H and O–H groups in total. The number of esters is 1. The molecule has 1 amide bonds. The van der Waals surface area contributed by atoms with Crippen LogP contribution in [0.4, 0.5) is 0 Å². The van der Waals surface area contributed by atoms with Gasteiger partial charge in [-0.15, -0.1) is 23.5 Å². The number of allylic oxidation sites excluding steroid dienone is 1. The smallest absolute Gasteiger partial charge is 0.306 e. The molecule has 6 heteroatoms. The van der Waals surface area contributed by atoms with Gasteiger partial charge in [-0.2, -0.15) is 0 Å². The van der Waals surface area contributed by atoms with E-state index in [1.54, 1.807) is 0 Å². The Morgan fingerprint density at radius 2 is 1.91 bits per heavy atom. The van der Waals surface area contributed by atoms with E-state index < -0.39 is 5.41 Å². The Morgan fingerprint density at radius 1 is 1.26 bits per heavy atom. The van der Waals surface area contributed by atoms with Crippen molar-refractivity contribution in [2.45, 2.75) is 47.0 Å². The second-order valence-corrected chi connectivity index (χ2v) is 9.39. The highest BCUT2D eigenvalue weighted by atomic mass is 32.2. The summed E-state index contributed by atoms with van der Waals surface area (Å²) >= 11 is 3.67. The number of rotatable bonds is 3. The number of ether oxygens (including phenoxy) is 1. The number of amides is 1. The molecule has 0 aliphatic carbocycles. The summed E-state index contributed by atoms with van der Waals surface area (Å²) in [7, 11) is 0. The molecule has 1 unspecified atom stereocenters. The van der Waals surface area contributed by atoms with Crippen molar-refractivity contribution >= 4 is 35.4 Å². The molecule has 0 aromatic carbocycles. The third kappa shape index (κ3) is 4.69. The van der Waals surface area contributed by atoms with Crippen molar-refractivity contribution in [2.24, 2.45) is 11.3 Å². The van der Waals surface area contributed by atoms with Crippen molar-refractivity contribution in [1.29, 1.82) is 0 Å². The van der Waals surface area contributed by atoms with E-state index in [-0.39, 0.29) is 17.8 Å². The Labute approximate surface area is 147 Å². The topological polar surface area (TPSA) is 46.6 Å². The van der Waals surface area contributed by atoms with Crippen LogP contribution >= 0.6 is 23.5 Å². The van der Waals surface area contributed by atoms with Crippen LogP contribution in [-0.2, 0) is 14.3 Å². The minimum absolute atomic E-state index is 0.105. The van der Waals surface area contributed by atoms with E-state index in [0.29, 0.717) is 19.6 Å². The van der Waals surface area contributed by atoms with Gasteiger partial charge < -0.3 is 9.64 Å². The molecule has 2 rings (SSSR count). The van der Waals surface area contributed by atoms with Crippen molar-refractivity contribution in [3.05, 3.63) is 9.93 Å². The minimum atomic E-state index is -0.408. The Balaban J connectivity index is 2.26. The van der Waals surface area contributed by atoms with Gasteiger partial charge in [-0.1, -0.05) is 20.8 Å². The van der Waals surface area contributed by atoms with Crippen LogP contribution in [-0.4, -0.2) is 41.4 Å². The Morgan fingerprint density at radius 3 is 2.48 bits per heavy atom. The summed E-state index contributed by atoms with van der Waals surface area (Å²) in [5.74, 6) is 2.28. The third-order valence-corrected chi connectivity index (χ3v) is 6.58. The number of nitrogens with zero attached hydrogens (tertiary/aromatic N) is 1. The molecule has 130 valence electrons. The van der Waals surface area contributed by atoms with E-state index in [4.69, 9.17) is 4.74 Å². The molecule has 0 bridgehead atoms. The predicted molar refractivity (Wildman–Crippen MR) is 97.1 cm³/mol. The molecule has 0 saturated carbocycles. The van der Waals surface area contributed by atoms with Gasteiger partial charge in [0, 0.05) is 23.6 Å². The molecule has 2 saturated heterocycles. The van der Waals surface area contributed by atoms with Crippen LogP contribution < -0.4 is 0 Å². The molecular formula is C17H27NO3S2. The lowest BCUT2D eigenvalue weighted by atomic mass is 9.94. The van der Waals surface area contributed by atoms with Gasteiger partial charge in [0.1, 0.15) is 0 Å². The van der Waals surface area contributed by atoms with E-state index in [0.717, 1.165) is 23.6 Å². The maximum Gasteiger partial charge on any atom is 0.306 e. The van der Waals surface area contributed by atoms with Crippen LogP contribution in [0, 0.1) is 11.3 Å². The number of thioether (sulfide) groups is 2. The van der Waals surface area contributed by atoms with Crippen molar-refractivity contribution < 1.29 is 14.3 Å². The van der Waals surface area contributed by atoms with Crippen LogP contribution in [0.2, 0.25) is 0 Å². The fraction of sp³-hybridized carbons (Fsp3) is 0.765. The van der Waals surface area contributed by atoms with Gasteiger partial charge in [0.25, 0.3) is 0 Å². The van der Waals surface area contributed by atoms with E-state index in [2.05, 4.69) is 0 Å². The van der Waals surface area contributed by atoms with E-state index in [9.17, 15) is 9.59 Å². The van der Waals surface area contributed by atoms with Gasteiger partial charge in [-0.3, -0.25) is 9.59 Å². The zero-order valence-electron chi connectivity index (χ0n) is 14.5. The van der Waals surface area contributed by atoms with Crippen LogP contribution in [0.3, 0.4) is 0 Å². The molecule has 0 radical (unpaired) electrons. The summed E-state index contributed by atoms with van der Waals surface area (Å²) < 4.78 is 6.36. The fourth-order valence-corrected chi connectivity index (χ4v) is 5.67. The first kappa shape index (κ1) is 18.7. The maximum absolute atomic E-state index is 12.8. The first-order valence-electron chi connectivity index (χ1n) is 8.32. The van der Waals surface area contributed by atoms with Crippen molar-refractivity contribution in [1.82, 2.24) is 4.90 Å². The molecule has 2 aliphatic rings. The number of hydrogen-bond acceptors (Lipinski definition) is 5. The van der Waals surface area contributed by atoms with Crippen molar-refractivity contribution in [3.63, 3.8) is 0 Å². The molecule has 0 aromatic rings. The monoisotopic (exact) mass is 357 g/mol.